The second-order valence-corrected chi connectivity index (χ2v) is 5.99. The highest BCUT2D eigenvalue weighted by Crippen LogP contribution is 2.05. The zero-order valence-corrected chi connectivity index (χ0v) is 13.7. The van der Waals surface area contributed by atoms with Crippen LogP contribution in [0.15, 0.2) is 24.3 Å². The van der Waals surface area contributed by atoms with E-state index in [1.807, 2.05) is 12.1 Å². The van der Waals surface area contributed by atoms with Gasteiger partial charge in [-0.1, -0.05) is 18.6 Å². The molecule has 0 spiro atoms. The third-order valence-electron chi connectivity index (χ3n) is 4.16. The van der Waals surface area contributed by atoms with E-state index >= 15 is 0 Å². The highest BCUT2D eigenvalue weighted by molar-refractivity contribution is 5.75. The van der Waals surface area contributed by atoms with Crippen LogP contribution in [0.3, 0.4) is 0 Å². The third kappa shape index (κ3) is 6.81. The summed E-state index contributed by atoms with van der Waals surface area (Å²) in [5.74, 6) is 0.108. The van der Waals surface area contributed by atoms with E-state index in [0.717, 1.165) is 51.1 Å². The summed E-state index contributed by atoms with van der Waals surface area (Å²) in [6.07, 6.45) is 3.82. The molecule has 0 saturated carbocycles. The normalized spacial score (nSPS) is 15.1. The minimum Gasteiger partial charge on any atom is -0.352 e. The number of unbranched alkanes of at least 4 members (excludes halogenated alkanes) is 2. The van der Waals surface area contributed by atoms with Crippen molar-refractivity contribution < 1.29 is 4.79 Å². The molecule has 5 nitrogen and oxygen atoms in total. The summed E-state index contributed by atoms with van der Waals surface area (Å²) in [5.41, 5.74) is 1.67. The molecule has 1 aliphatic rings. The van der Waals surface area contributed by atoms with Crippen LogP contribution >= 0.6 is 0 Å². The first-order valence-electron chi connectivity index (χ1n) is 8.47. The molecular weight excluding hydrogens is 288 g/mol. The van der Waals surface area contributed by atoms with Crippen molar-refractivity contribution in [2.45, 2.75) is 32.2 Å². The summed E-state index contributed by atoms with van der Waals surface area (Å²) >= 11 is 0. The van der Waals surface area contributed by atoms with Crippen LogP contribution in [0, 0.1) is 11.3 Å². The molecule has 0 bridgehead atoms. The lowest BCUT2D eigenvalue weighted by atomic mass is 10.1. The van der Waals surface area contributed by atoms with Crippen molar-refractivity contribution in [2.24, 2.45) is 0 Å². The lowest BCUT2D eigenvalue weighted by Gasteiger charge is -2.26. The second kappa shape index (κ2) is 9.98. The minimum absolute atomic E-state index is 0.108. The van der Waals surface area contributed by atoms with Crippen LogP contribution in [-0.2, 0) is 11.3 Å². The second-order valence-electron chi connectivity index (χ2n) is 5.99. The van der Waals surface area contributed by atoms with E-state index in [4.69, 9.17) is 5.26 Å². The van der Waals surface area contributed by atoms with Gasteiger partial charge < -0.3 is 15.5 Å². The van der Waals surface area contributed by atoms with Gasteiger partial charge in [-0.3, -0.25) is 4.79 Å². The maximum absolute atomic E-state index is 11.8. The van der Waals surface area contributed by atoms with Crippen LogP contribution in [0.4, 0.5) is 0 Å². The first-order valence-corrected chi connectivity index (χ1v) is 8.47. The monoisotopic (exact) mass is 314 g/mol. The molecular formula is C18H26N4O. The molecule has 0 radical (unpaired) electrons. The fourth-order valence-corrected chi connectivity index (χ4v) is 2.72. The van der Waals surface area contributed by atoms with Crippen LogP contribution in [0.5, 0.6) is 0 Å². The van der Waals surface area contributed by atoms with E-state index in [1.54, 1.807) is 12.1 Å². The van der Waals surface area contributed by atoms with Crippen molar-refractivity contribution in [2.75, 3.05) is 32.7 Å². The summed E-state index contributed by atoms with van der Waals surface area (Å²) in [4.78, 5) is 14.3. The van der Waals surface area contributed by atoms with Gasteiger partial charge in [0.05, 0.1) is 11.6 Å². The zero-order chi connectivity index (χ0) is 16.3. The Bertz CT molecular complexity index is 515. The fraction of sp³-hybridized carbons (Fsp3) is 0.556. The topological polar surface area (TPSA) is 68.2 Å². The van der Waals surface area contributed by atoms with Gasteiger partial charge in [0, 0.05) is 39.1 Å². The standard InChI is InChI=1S/C18H26N4O/c19-14-16-5-7-17(8-6-16)15-21-18(23)4-2-1-3-11-22-12-9-20-10-13-22/h5-8,20H,1-4,9-13,15H2,(H,21,23). The molecule has 1 heterocycles. The summed E-state index contributed by atoms with van der Waals surface area (Å²) in [6.45, 7) is 6.16. The molecule has 1 aromatic carbocycles. The number of nitrogens with zero attached hydrogens (tertiary/aromatic N) is 2. The number of piperazine rings is 1. The molecule has 5 heteroatoms. The Hall–Kier alpha value is -1.90. The quantitative estimate of drug-likeness (QED) is 0.716. The number of rotatable bonds is 8. The molecule has 1 aliphatic heterocycles. The van der Waals surface area contributed by atoms with Crippen LogP contribution in [-0.4, -0.2) is 43.5 Å². The number of amides is 1. The van der Waals surface area contributed by atoms with Crippen LogP contribution in [0.25, 0.3) is 0 Å². The number of hydrogen-bond donors (Lipinski definition) is 2. The molecule has 1 amide bonds. The first kappa shape index (κ1) is 17.5. The number of carbonyl (C=O) groups excluding carboxylic acids is 1. The Morgan fingerprint density at radius 1 is 1.17 bits per heavy atom. The van der Waals surface area contributed by atoms with Crippen molar-refractivity contribution >= 4 is 5.91 Å². The highest BCUT2D eigenvalue weighted by Gasteiger charge is 2.08. The van der Waals surface area contributed by atoms with E-state index in [-0.39, 0.29) is 5.91 Å². The van der Waals surface area contributed by atoms with Crippen LogP contribution in [0.2, 0.25) is 0 Å². The molecule has 2 N–H and O–H groups in total. The lowest BCUT2D eigenvalue weighted by Crippen LogP contribution is -2.43. The van der Waals surface area contributed by atoms with Crippen LogP contribution in [0.1, 0.15) is 36.8 Å². The number of nitriles is 1. The van der Waals surface area contributed by atoms with Gasteiger partial charge >= 0.3 is 0 Å². The van der Waals surface area contributed by atoms with Gasteiger partial charge in [0.1, 0.15) is 0 Å². The largest absolute Gasteiger partial charge is 0.352 e. The van der Waals surface area contributed by atoms with E-state index in [9.17, 15) is 4.79 Å². The molecule has 0 aliphatic carbocycles. The van der Waals surface area contributed by atoms with Gasteiger partial charge in [0.15, 0.2) is 0 Å². The van der Waals surface area contributed by atoms with E-state index in [0.29, 0.717) is 18.5 Å². The van der Waals surface area contributed by atoms with Crippen molar-refractivity contribution in [3.8, 4) is 6.07 Å². The van der Waals surface area contributed by atoms with Crippen molar-refractivity contribution in [1.29, 1.82) is 5.26 Å². The number of benzene rings is 1. The van der Waals surface area contributed by atoms with E-state index in [2.05, 4.69) is 21.6 Å². The first-order chi connectivity index (χ1) is 11.3. The molecule has 124 valence electrons. The molecule has 2 rings (SSSR count). The summed E-state index contributed by atoms with van der Waals surface area (Å²) < 4.78 is 0. The van der Waals surface area contributed by atoms with E-state index < -0.39 is 0 Å². The van der Waals surface area contributed by atoms with Crippen molar-refractivity contribution in [1.82, 2.24) is 15.5 Å². The number of hydrogen-bond acceptors (Lipinski definition) is 4. The average molecular weight is 314 g/mol. The Kier molecular flexibility index (Phi) is 7.58. The summed E-state index contributed by atoms with van der Waals surface area (Å²) in [6, 6.07) is 9.40. The summed E-state index contributed by atoms with van der Waals surface area (Å²) in [5, 5.41) is 15.0. The predicted octanol–water partition coefficient (Wildman–Crippen LogP) is 1.64. The Morgan fingerprint density at radius 3 is 2.61 bits per heavy atom. The highest BCUT2D eigenvalue weighted by atomic mass is 16.1. The predicted molar refractivity (Wildman–Crippen MR) is 90.8 cm³/mol. The lowest BCUT2D eigenvalue weighted by molar-refractivity contribution is -0.121. The SMILES string of the molecule is N#Cc1ccc(CNC(=O)CCCCCN2CCNCC2)cc1. The van der Waals surface area contributed by atoms with Crippen molar-refractivity contribution in [3.05, 3.63) is 35.4 Å². The molecule has 1 saturated heterocycles. The summed E-state index contributed by atoms with van der Waals surface area (Å²) in [7, 11) is 0. The Balaban J connectivity index is 1.51. The molecule has 1 fully saturated rings. The maximum atomic E-state index is 11.8. The van der Waals surface area contributed by atoms with Gasteiger partial charge in [-0.15, -0.1) is 0 Å². The van der Waals surface area contributed by atoms with Gasteiger partial charge in [-0.2, -0.15) is 5.26 Å². The molecule has 0 aromatic heterocycles. The van der Waals surface area contributed by atoms with Gasteiger partial charge in [-0.05, 0) is 37.1 Å². The van der Waals surface area contributed by atoms with Gasteiger partial charge in [-0.25, -0.2) is 0 Å². The van der Waals surface area contributed by atoms with Crippen LogP contribution < -0.4 is 10.6 Å². The number of nitrogens with one attached hydrogen (secondary N) is 2. The minimum atomic E-state index is 0.108. The Morgan fingerprint density at radius 2 is 1.91 bits per heavy atom. The maximum Gasteiger partial charge on any atom is 0.220 e. The zero-order valence-electron chi connectivity index (χ0n) is 13.7. The smallest absolute Gasteiger partial charge is 0.220 e. The number of carbonyl (C=O) groups is 1. The molecule has 23 heavy (non-hydrogen) atoms. The molecule has 0 atom stereocenters. The Labute approximate surface area is 138 Å². The van der Waals surface area contributed by atoms with Gasteiger partial charge in [0.2, 0.25) is 5.91 Å². The van der Waals surface area contributed by atoms with E-state index in [1.165, 1.54) is 6.42 Å². The van der Waals surface area contributed by atoms with Crippen molar-refractivity contribution in [3.63, 3.8) is 0 Å². The molecule has 0 unspecified atom stereocenters. The third-order valence-corrected chi connectivity index (χ3v) is 4.16. The molecule has 1 aromatic rings. The van der Waals surface area contributed by atoms with Gasteiger partial charge in [0.25, 0.3) is 0 Å². The average Bonchev–Trinajstić information content (AvgIpc) is 2.61. The fourth-order valence-electron chi connectivity index (χ4n) is 2.72.